The molecule has 0 aliphatic heterocycles. The van der Waals surface area contributed by atoms with Gasteiger partial charge >= 0.3 is 0 Å². The number of anilines is 2. The van der Waals surface area contributed by atoms with Crippen molar-refractivity contribution in [3.63, 3.8) is 0 Å². The van der Waals surface area contributed by atoms with Crippen molar-refractivity contribution in [2.24, 2.45) is 5.92 Å². The molecular weight excluding hydrogens is 208 g/mol. The third kappa shape index (κ3) is 3.65. The summed E-state index contributed by atoms with van der Waals surface area (Å²) in [5.41, 5.74) is 2.50. The molecule has 2 nitrogen and oxygen atoms in total. The Hall–Kier alpha value is -1.18. The summed E-state index contributed by atoms with van der Waals surface area (Å²) >= 11 is 0. The Balaban J connectivity index is 1.74. The minimum atomic E-state index is 0.976. The third-order valence-electron chi connectivity index (χ3n) is 3.74. The molecule has 0 amide bonds. The van der Waals surface area contributed by atoms with E-state index >= 15 is 0 Å². The third-order valence-corrected chi connectivity index (χ3v) is 3.74. The van der Waals surface area contributed by atoms with E-state index in [9.17, 15) is 0 Å². The van der Waals surface area contributed by atoms with E-state index in [1.54, 1.807) is 0 Å². The fraction of sp³-hybridized carbons (Fsp3) is 0.600. The molecule has 1 N–H and O–H groups in total. The van der Waals surface area contributed by atoms with Gasteiger partial charge in [-0.15, -0.1) is 0 Å². The van der Waals surface area contributed by atoms with Crippen LogP contribution in [0.2, 0.25) is 0 Å². The van der Waals surface area contributed by atoms with Crippen LogP contribution in [0.1, 0.15) is 32.1 Å². The molecule has 0 heterocycles. The molecule has 1 aliphatic carbocycles. The molecule has 0 spiro atoms. The summed E-state index contributed by atoms with van der Waals surface area (Å²) in [6, 6.07) is 8.67. The van der Waals surface area contributed by atoms with Gasteiger partial charge in [0.15, 0.2) is 0 Å². The van der Waals surface area contributed by atoms with Gasteiger partial charge in [-0.1, -0.05) is 25.7 Å². The van der Waals surface area contributed by atoms with E-state index in [-0.39, 0.29) is 0 Å². The van der Waals surface area contributed by atoms with Crippen molar-refractivity contribution in [2.45, 2.75) is 32.1 Å². The Bertz CT molecular complexity index is 323. The summed E-state index contributed by atoms with van der Waals surface area (Å²) in [4.78, 5) is 2.13. The van der Waals surface area contributed by atoms with Gasteiger partial charge in [0.25, 0.3) is 0 Å². The lowest BCUT2D eigenvalue weighted by Gasteiger charge is -2.14. The first kappa shape index (κ1) is 12.3. The first-order valence-corrected chi connectivity index (χ1v) is 6.77. The maximum Gasteiger partial charge on any atom is 0.0362 e. The van der Waals surface area contributed by atoms with Gasteiger partial charge in [-0.25, -0.2) is 0 Å². The second-order valence-corrected chi connectivity index (χ2v) is 5.31. The van der Waals surface area contributed by atoms with Crippen LogP contribution in [-0.2, 0) is 0 Å². The monoisotopic (exact) mass is 232 g/mol. The molecule has 2 rings (SSSR count). The van der Waals surface area contributed by atoms with E-state index in [2.05, 4.69) is 48.6 Å². The molecule has 1 aromatic rings. The molecule has 0 atom stereocenters. The van der Waals surface area contributed by atoms with Gasteiger partial charge in [0.05, 0.1) is 0 Å². The first-order valence-electron chi connectivity index (χ1n) is 6.77. The van der Waals surface area contributed by atoms with Crippen LogP contribution in [0.3, 0.4) is 0 Å². The Morgan fingerprint density at radius 3 is 2.35 bits per heavy atom. The van der Waals surface area contributed by atoms with Crippen LogP contribution in [0.15, 0.2) is 24.3 Å². The van der Waals surface area contributed by atoms with E-state index in [0.717, 1.165) is 12.5 Å². The van der Waals surface area contributed by atoms with E-state index in [0.29, 0.717) is 0 Å². The minimum absolute atomic E-state index is 0.976. The molecule has 0 bridgehead atoms. The molecule has 1 fully saturated rings. The second kappa shape index (κ2) is 5.95. The lowest BCUT2D eigenvalue weighted by atomic mass is 10.0. The van der Waals surface area contributed by atoms with E-state index < -0.39 is 0 Å². The summed E-state index contributed by atoms with van der Waals surface area (Å²) in [6.45, 7) is 1.12. The van der Waals surface area contributed by atoms with Gasteiger partial charge in [-0.05, 0) is 36.6 Å². The van der Waals surface area contributed by atoms with E-state index in [1.165, 1.54) is 43.5 Å². The SMILES string of the molecule is CN(C)c1ccc(NCCC2CCCC2)cc1. The zero-order valence-corrected chi connectivity index (χ0v) is 11.1. The van der Waals surface area contributed by atoms with Crippen molar-refractivity contribution < 1.29 is 0 Å². The molecule has 0 unspecified atom stereocenters. The molecular formula is C15H24N2. The number of rotatable bonds is 5. The zero-order chi connectivity index (χ0) is 12.1. The van der Waals surface area contributed by atoms with Gasteiger partial charge in [0, 0.05) is 32.0 Å². The fourth-order valence-corrected chi connectivity index (χ4v) is 2.60. The Labute approximate surface area is 105 Å². The van der Waals surface area contributed by atoms with Gasteiger partial charge in [-0.2, -0.15) is 0 Å². The predicted octanol–water partition coefficient (Wildman–Crippen LogP) is 3.74. The number of nitrogens with zero attached hydrogens (tertiary/aromatic N) is 1. The minimum Gasteiger partial charge on any atom is -0.385 e. The number of nitrogens with one attached hydrogen (secondary N) is 1. The molecule has 0 saturated heterocycles. The predicted molar refractivity (Wildman–Crippen MR) is 75.8 cm³/mol. The van der Waals surface area contributed by atoms with Crippen LogP contribution in [0.5, 0.6) is 0 Å². The molecule has 0 radical (unpaired) electrons. The zero-order valence-electron chi connectivity index (χ0n) is 11.1. The van der Waals surface area contributed by atoms with Crippen molar-refractivity contribution >= 4 is 11.4 Å². The maximum atomic E-state index is 3.52. The number of hydrogen-bond acceptors (Lipinski definition) is 2. The summed E-state index contributed by atoms with van der Waals surface area (Å²) in [6.07, 6.45) is 7.11. The van der Waals surface area contributed by atoms with Crippen molar-refractivity contribution in [2.75, 3.05) is 30.9 Å². The second-order valence-electron chi connectivity index (χ2n) is 5.31. The van der Waals surface area contributed by atoms with Crippen molar-refractivity contribution in [3.8, 4) is 0 Å². The topological polar surface area (TPSA) is 15.3 Å². The molecule has 1 saturated carbocycles. The van der Waals surface area contributed by atoms with Gasteiger partial charge in [-0.3, -0.25) is 0 Å². The molecule has 94 valence electrons. The van der Waals surface area contributed by atoms with Crippen LogP contribution in [0, 0.1) is 5.92 Å². The van der Waals surface area contributed by atoms with Gasteiger partial charge in [0.1, 0.15) is 0 Å². The Morgan fingerprint density at radius 1 is 1.12 bits per heavy atom. The lowest BCUT2D eigenvalue weighted by molar-refractivity contribution is 0.518. The molecule has 0 aromatic heterocycles. The largest absolute Gasteiger partial charge is 0.385 e. The van der Waals surface area contributed by atoms with Crippen LogP contribution in [-0.4, -0.2) is 20.6 Å². The van der Waals surface area contributed by atoms with Crippen LogP contribution >= 0.6 is 0 Å². The van der Waals surface area contributed by atoms with Crippen LogP contribution < -0.4 is 10.2 Å². The lowest BCUT2D eigenvalue weighted by Crippen LogP contribution is -2.09. The highest BCUT2D eigenvalue weighted by Crippen LogP contribution is 2.27. The van der Waals surface area contributed by atoms with Crippen molar-refractivity contribution in [1.82, 2.24) is 0 Å². The van der Waals surface area contributed by atoms with E-state index in [4.69, 9.17) is 0 Å². The van der Waals surface area contributed by atoms with Crippen LogP contribution in [0.4, 0.5) is 11.4 Å². The fourth-order valence-electron chi connectivity index (χ4n) is 2.60. The number of hydrogen-bond donors (Lipinski definition) is 1. The smallest absolute Gasteiger partial charge is 0.0362 e. The van der Waals surface area contributed by atoms with E-state index in [1.807, 2.05) is 0 Å². The average Bonchev–Trinajstić information content (AvgIpc) is 2.83. The van der Waals surface area contributed by atoms with Crippen molar-refractivity contribution in [1.29, 1.82) is 0 Å². The highest BCUT2D eigenvalue weighted by Gasteiger charge is 2.13. The highest BCUT2D eigenvalue weighted by atomic mass is 15.1. The summed E-state index contributed by atoms with van der Waals surface area (Å²) in [5, 5.41) is 3.52. The van der Waals surface area contributed by atoms with Crippen LogP contribution in [0.25, 0.3) is 0 Å². The quantitative estimate of drug-likeness (QED) is 0.832. The molecule has 1 aliphatic rings. The summed E-state index contributed by atoms with van der Waals surface area (Å²) < 4.78 is 0. The summed E-state index contributed by atoms with van der Waals surface area (Å²) in [7, 11) is 4.14. The number of benzene rings is 1. The average molecular weight is 232 g/mol. The molecule has 1 aromatic carbocycles. The van der Waals surface area contributed by atoms with Crippen molar-refractivity contribution in [3.05, 3.63) is 24.3 Å². The van der Waals surface area contributed by atoms with Gasteiger partial charge < -0.3 is 10.2 Å². The first-order chi connectivity index (χ1) is 8.25. The Morgan fingerprint density at radius 2 is 1.76 bits per heavy atom. The normalized spacial score (nSPS) is 16.1. The Kier molecular flexibility index (Phi) is 4.29. The summed E-state index contributed by atoms with van der Waals surface area (Å²) in [5.74, 6) is 0.976. The molecule has 17 heavy (non-hydrogen) atoms. The highest BCUT2D eigenvalue weighted by molar-refractivity contribution is 5.54. The standard InChI is InChI=1S/C15H24N2/c1-17(2)15-9-7-14(8-10-15)16-12-11-13-5-3-4-6-13/h7-10,13,16H,3-6,11-12H2,1-2H3. The maximum absolute atomic E-state index is 3.52. The molecule has 2 heteroatoms. The van der Waals surface area contributed by atoms with Gasteiger partial charge in [0.2, 0.25) is 0 Å².